The van der Waals surface area contributed by atoms with Crippen LogP contribution in [0.25, 0.3) is 22.4 Å². The Bertz CT molecular complexity index is 2480. The normalized spacial score (nSPS) is 23.4. The topological polar surface area (TPSA) is 132 Å². The van der Waals surface area contributed by atoms with Crippen LogP contribution >= 0.6 is 0 Å². The predicted molar refractivity (Wildman–Crippen MR) is 203 cm³/mol. The number of alkyl halides is 3. The average molecular weight is 786 g/mol. The van der Waals surface area contributed by atoms with Crippen LogP contribution in [0.3, 0.4) is 0 Å². The summed E-state index contributed by atoms with van der Waals surface area (Å²) < 4.78 is 81.2. The minimum atomic E-state index is -4.41. The number of sulfonamides is 1. The Labute approximate surface area is 322 Å². The summed E-state index contributed by atoms with van der Waals surface area (Å²) in [4.78, 5) is 35.5. The maximum atomic E-state index is 15.1. The van der Waals surface area contributed by atoms with Gasteiger partial charge in [-0.2, -0.15) is 18.2 Å². The quantitative estimate of drug-likeness (QED) is 0.194. The molecule has 4 bridgehead atoms. The molecular formula is C41H42F3N7O4S. The molecule has 2 saturated carbocycles. The summed E-state index contributed by atoms with van der Waals surface area (Å²) in [5.74, 6) is -0.0194. The number of aromatic nitrogens is 5. The largest absolute Gasteiger partial charge is 0.475 e. The second kappa shape index (κ2) is 13.3. The van der Waals surface area contributed by atoms with Gasteiger partial charge in [0.2, 0.25) is 11.8 Å². The van der Waals surface area contributed by atoms with Crippen molar-refractivity contribution in [3.63, 3.8) is 0 Å². The number of aryl methyl sites for hydroxylation is 3. The molecule has 11 nitrogen and oxygen atoms in total. The Hall–Kier alpha value is -5.05. The summed E-state index contributed by atoms with van der Waals surface area (Å²) in [6.07, 6.45) is 2.38. The van der Waals surface area contributed by atoms with E-state index in [1.54, 1.807) is 30.3 Å². The summed E-state index contributed by atoms with van der Waals surface area (Å²) in [5.41, 5.74) is 2.67. The lowest BCUT2D eigenvalue weighted by Crippen LogP contribution is -2.51. The number of halogens is 3. The van der Waals surface area contributed by atoms with Crippen molar-refractivity contribution in [2.45, 2.75) is 93.8 Å². The highest BCUT2D eigenvalue weighted by atomic mass is 32.2. The smallest absolute Gasteiger partial charge is 0.399 e. The van der Waals surface area contributed by atoms with Crippen molar-refractivity contribution in [2.24, 2.45) is 18.9 Å². The van der Waals surface area contributed by atoms with E-state index in [4.69, 9.17) is 9.72 Å². The fourth-order valence-corrected chi connectivity index (χ4v) is 10.2. The van der Waals surface area contributed by atoms with Crippen LogP contribution < -0.4 is 9.46 Å². The van der Waals surface area contributed by atoms with E-state index in [1.807, 2.05) is 32.0 Å². The molecule has 3 aromatic heterocycles. The minimum Gasteiger partial charge on any atom is -0.475 e. The Morgan fingerprint density at radius 3 is 2.36 bits per heavy atom. The van der Waals surface area contributed by atoms with Crippen molar-refractivity contribution in [3.8, 4) is 17.1 Å². The van der Waals surface area contributed by atoms with Gasteiger partial charge in [-0.25, -0.2) is 23.1 Å². The zero-order valence-corrected chi connectivity index (χ0v) is 32.1. The number of rotatable bonds is 4. The van der Waals surface area contributed by atoms with E-state index in [0.29, 0.717) is 34.9 Å². The molecule has 0 radical (unpaired) electrons. The molecule has 9 rings (SSSR count). The van der Waals surface area contributed by atoms with Gasteiger partial charge in [0.05, 0.1) is 34.6 Å². The van der Waals surface area contributed by atoms with E-state index < -0.39 is 39.6 Å². The third-order valence-electron chi connectivity index (χ3n) is 12.5. The van der Waals surface area contributed by atoms with Gasteiger partial charge in [0.1, 0.15) is 17.5 Å². The maximum Gasteiger partial charge on any atom is 0.399 e. The lowest BCUT2D eigenvalue weighted by atomic mass is 9.71. The van der Waals surface area contributed by atoms with Gasteiger partial charge in [-0.15, -0.1) is 0 Å². The summed E-state index contributed by atoms with van der Waals surface area (Å²) >= 11 is 0. The fraction of sp³-hybridized carbons (Fsp3) is 0.439. The first-order valence-corrected chi connectivity index (χ1v) is 20.7. The number of nitrogens with zero attached hydrogens (tertiary/aromatic N) is 6. The number of hydrogen-bond donors (Lipinski definition) is 1. The highest BCUT2D eigenvalue weighted by Crippen LogP contribution is 2.59. The number of anilines is 1. The van der Waals surface area contributed by atoms with Crippen molar-refractivity contribution in [1.82, 2.24) is 29.4 Å². The number of carbonyl (C=O) groups is 1. The van der Waals surface area contributed by atoms with Crippen LogP contribution in [-0.4, -0.2) is 62.6 Å². The molecule has 2 aromatic carbocycles. The van der Waals surface area contributed by atoms with Crippen LogP contribution in [0.2, 0.25) is 0 Å². The number of carbonyl (C=O) groups excluding carboxylic acids is 1. The minimum absolute atomic E-state index is 0.00679. The summed E-state index contributed by atoms with van der Waals surface area (Å²) in [6.45, 7) is 3.96. The molecular weight excluding hydrogens is 744 g/mol. The molecule has 2 aliphatic carbocycles. The Morgan fingerprint density at radius 1 is 0.929 bits per heavy atom. The Morgan fingerprint density at radius 2 is 1.66 bits per heavy atom. The average Bonchev–Trinajstić information content (AvgIpc) is 3.91. The lowest BCUT2D eigenvalue weighted by Gasteiger charge is -2.44. The van der Waals surface area contributed by atoms with Crippen molar-refractivity contribution < 1.29 is 31.1 Å². The van der Waals surface area contributed by atoms with Gasteiger partial charge >= 0.3 is 6.18 Å². The SMILES string of the molecule is Cc1cccc(C)c1-c1cc2nc(n1)NS(=O)(=O)c1cccc(c1)C(=O)N1[C@H](c3cnc4cc(C5(C(F)(F)F)CC5)n(C)c4n3)CCC[C@H](C3CCC3)[C@@H]1CO2. The van der Waals surface area contributed by atoms with E-state index in [2.05, 4.69) is 19.7 Å². The van der Waals surface area contributed by atoms with Gasteiger partial charge in [0, 0.05) is 29.9 Å². The number of hydrogen-bond acceptors (Lipinski definition) is 8. The van der Waals surface area contributed by atoms with E-state index in [1.165, 1.54) is 28.8 Å². The standard InChI is InChI=1S/C41H42F3N7O4S/c1-23-8-4-9-24(2)36(23)29-20-35-48-39(47-29)49-56(53,54)27-13-6-12-26(18-27)38(52)51-32(15-7-14-28(25-10-5-11-25)33(51)22-55-35)31-21-45-30-19-34(50(3)37(30)46-31)40(16-17-40)41(42,43)44/h4,6,8-9,12-13,18-21,25,28,32-33H,5,7,10-11,14-17,22H2,1-3H3,(H,47,48,49)/t28-,32+,33+/m1/s1. The third kappa shape index (κ3) is 6.09. The first-order valence-electron chi connectivity index (χ1n) is 19.2. The number of ether oxygens (including phenoxy) is 1. The molecule has 0 spiro atoms. The van der Waals surface area contributed by atoms with Gasteiger partial charge < -0.3 is 14.2 Å². The summed E-state index contributed by atoms with van der Waals surface area (Å²) in [6, 6.07) is 13.8. The molecule has 4 aliphatic rings. The van der Waals surface area contributed by atoms with Gasteiger partial charge in [-0.05, 0) is 86.8 Å². The Balaban J connectivity index is 1.20. The number of nitrogens with one attached hydrogen (secondary N) is 1. The zero-order valence-electron chi connectivity index (χ0n) is 31.3. The molecule has 1 amide bonds. The first-order chi connectivity index (χ1) is 26.7. The molecule has 1 N–H and O–H groups in total. The molecule has 5 heterocycles. The molecule has 1 saturated heterocycles. The molecule has 2 aliphatic heterocycles. The monoisotopic (exact) mass is 785 g/mol. The highest BCUT2D eigenvalue weighted by molar-refractivity contribution is 7.92. The number of fused-ring (bicyclic) bond motifs is 6. The molecule has 5 aromatic rings. The Kier molecular flexibility index (Phi) is 8.67. The van der Waals surface area contributed by atoms with Gasteiger partial charge in [-0.1, -0.05) is 49.9 Å². The van der Waals surface area contributed by atoms with Gasteiger partial charge in [-0.3, -0.25) is 9.78 Å². The number of amides is 1. The lowest BCUT2D eigenvalue weighted by molar-refractivity contribution is -0.162. The molecule has 3 atom stereocenters. The molecule has 0 unspecified atom stereocenters. The number of benzene rings is 2. The van der Waals surface area contributed by atoms with Crippen molar-refractivity contribution >= 4 is 33.0 Å². The second-order valence-electron chi connectivity index (χ2n) is 15.9. The molecule has 56 heavy (non-hydrogen) atoms. The van der Waals surface area contributed by atoms with Crippen LogP contribution in [0.5, 0.6) is 5.88 Å². The third-order valence-corrected chi connectivity index (χ3v) is 13.9. The zero-order chi connectivity index (χ0) is 39.1. The van der Waals surface area contributed by atoms with Crippen molar-refractivity contribution in [3.05, 3.63) is 88.9 Å². The van der Waals surface area contributed by atoms with Gasteiger partial charge in [0.15, 0.2) is 5.65 Å². The maximum absolute atomic E-state index is 15.1. The second-order valence-corrected chi connectivity index (χ2v) is 17.6. The fourth-order valence-electron chi connectivity index (χ4n) is 9.23. The first kappa shape index (κ1) is 36.6. The highest BCUT2D eigenvalue weighted by Gasteiger charge is 2.65. The van der Waals surface area contributed by atoms with E-state index >= 15 is 4.79 Å². The van der Waals surface area contributed by atoms with Crippen LogP contribution in [-0.2, 0) is 22.5 Å². The van der Waals surface area contributed by atoms with Gasteiger partial charge in [0.25, 0.3) is 15.9 Å². The molecule has 292 valence electrons. The van der Waals surface area contributed by atoms with Crippen LogP contribution in [0, 0.1) is 25.7 Å². The van der Waals surface area contributed by atoms with Crippen LogP contribution in [0.4, 0.5) is 19.1 Å². The predicted octanol–water partition coefficient (Wildman–Crippen LogP) is 7.98. The summed E-state index contributed by atoms with van der Waals surface area (Å²) in [5, 5.41) is 0. The van der Waals surface area contributed by atoms with E-state index in [0.717, 1.165) is 48.8 Å². The molecule has 3 fully saturated rings. The van der Waals surface area contributed by atoms with Crippen LogP contribution in [0.1, 0.15) is 90.3 Å². The summed E-state index contributed by atoms with van der Waals surface area (Å²) in [7, 11) is -2.68. The van der Waals surface area contributed by atoms with E-state index in [-0.39, 0.29) is 53.3 Å². The van der Waals surface area contributed by atoms with E-state index in [9.17, 15) is 21.6 Å². The van der Waals surface area contributed by atoms with Crippen molar-refractivity contribution in [1.29, 1.82) is 0 Å². The molecule has 15 heteroatoms. The van der Waals surface area contributed by atoms with Crippen molar-refractivity contribution in [2.75, 3.05) is 11.3 Å². The van der Waals surface area contributed by atoms with Crippen LogP contribution in [0.15, 0.2) is 65.7 Å².